The van der Waals surface area contributed by atoms with Crippen molar-refractivity contribution in [3.05, 3.63) is 56.9 Å². The molecule has 1 heterocycles. The summed E-state index contributed by atoms with van der Waals surface area (Å²) in [4.78, 5) is 38.8. The quantitative estimate of drug-likeness (QED) is 0.442. The van der Waals surface area contributed by atoms with E-state index in [1.54, 1.807) is 30.3 Å². The van der Waals surface area contributed by atoms with E-state index in [4.69, 9.17) is 9.47 Å². The van der Waals surface area contributed by atoms with E-state index in [-0.39, 0.29) is 11.4 Å². The average Bonchev–Trinajstić information content (AvgIpc) is 3.03. The summed E-state index contributed by atoms with van der Waals surface area (Å²) in [5.74, 6) is 0.483. The van der Waals surface area contributed by atoms with E-state index in [9.17, 15) is 14.4 Å². The second kappa shape index (κ2) is 10.9. The van der Waals surface area contributed by atoms with Crippen molar-refractivity contribution in [2.45, 2.75) is 26.7 Å². The van der Waals surface area contributed by atoms with Crippen molar-refractivity contribution in [3.63, 3.8) is 0 Å². The topological polar surface area (TPSA) is 84.9 Å². The number of thioether (sulfide) groups is 1. The van der Waals surface area contributed by atoms with Gasteiger partial charge in [-0.1, -0.05) is 26.0 Å². The first-order valence-corrected chi connectivity index (χ1v) is 12.0. The van der Waals surface area contributed by atoms with Gasteiger partial charge in [0, 0.05) is 5.69 Å². The highest BCUT2D eigenvalue weighted by atomic mass is 79.9. The van der Waals surface area contributed by atoms with Crippen LogP contribution in [-0.2, 0) is 9.59 Å². The van der Waals surface area contributed by atoms with Gasteiger partial charge in [-0.05, 0) is 82.0 Å². The molecule has 1 aliphatic heterocycles. The molecule has 2 aromatic carbocycles. The third-order valence-corrected chi connectivity index (χ3v) is 6.37. The lowest BCUT2D eigenvalue weighted by Gasteiger charge is -2.13. The second-order valence-corrected chi connectivity index (χ2v) is 9.41. The second-order valence-electron chi connectivity index (χ2n) is 7.56. The van der Waals surface area contributed by atoms with Crippen LogP contribution in [0.15, 0.2) is 45.8 Å². The van der Waals surface area contributed by atoms with E-state index in [1.165, 1.54) is 7.11 Å². The van der Waals surface area contributed by atoms with Crippen LogP contribution in [-0.4, -0.2) is 42.2 Å². The van der Waals surface area contributed by atoms with E-state index in [0.29, 0.717) is 39.7 Å². The summed E-state index contributed by atoms with van der Waals surface area (Å²) in [6.45, 7) is 6.15. The monoisotopic (exact) mass is 532 g/mol. The molecule has 1 aliphatic rings. The normalized spacial score (nSPS) is 14.8. The summed E-state index contributed by atoms with van der Waals surface area (Å²) in [6.07, 6.45) is 1.59. The molecule has 0 unspecified atom stereocenters. The van der Waals surface area contributed by atoms with Crippen molar-refractivity contribution in [2.24, 2.45) is 0 Å². The Balaban J connectivity index is 1.72. The maximum atomic E-state index is 12.8. The lowest BCUT2D eigenvalue weighted by Crippen LogP contribution is -2.36. The average molecular weight is 533 g/mol. The lowest BCUT2D eigenvalue weighted by molar-refractivity contribution is -0.127. The van der Waals surface area contributed by atoms with Crippen LogP contribution in [0.4, 0.5) is 10.5 Å². The van der Waals surface area contributed by atoms with Gasteiger partial charge in [0.2, 0.25) is 5.91 Å². The van der Waals surface area contributed by atoms with Gasteiger partial charge in [0.25, 0.3) is 11.1 Å². The number of rotatable bonds is 8. The maximum absolute atomic E-state index is 12.8. The first kappa shape index (κ1) is 24.9. The van der Waals surface area contributed by atoms with Gasteiger partial charge in [-0.3, -0.25) is 19.3 Å². The number of ether oxygens (including phenoxy) is 2. The number of nitrogens with one attached hydrogen (secondary N) is 1. The van der Waals surface area contributed by atoms with Crippen LogP contribution in [0.1, 0.15) is 37.8 Å². The number of carbonyl (C=O) groups excluding carboxylic acids is 3. The predicted molar refractivity (Wildman–Crippen MR) is 134 cm³/mol. The van der Waals surface area contributed by atoms with Crippen LogP contribution < -0.4 is 14.8 Å². The molecule has 1 N–H and O–H groups in total. The fourth-order valence-corrected chi connectivity index (χ4v) is 4.60. The van der Waals surface area contributed by atoms with Crippen LogP contribution in [0.3, 0.4) is 0 Å². The van der Waals surface area contributed by atoms with Gasteiger partial charge in [0.05, 0.1) is 23.1 Å². The third kappa shape index (κ3) is 5.97. The minimum atomic E-state index is -0.515. The number of anilines is 1. The molecule has 3 amide bonds. The third-order valence-electron chi connectivity index (χ3n) is 4.87. The lowest BCUT2D eigenvalue weighted by atomic mass is 10.0. The van der Waals surface area contributed by atoms with Crippen molar-refractivity contribution >= 4 is 56.5 Å². The number of hydrogen-bond donors (Lipinski definition) is 1. The number of hydrogen-bond acceptors (Lipinski definition) is 6. The van der Waals surface area contributed by atoms with Crippen molar-refractivity contribution < 1.29 is 23.9 Å². The van der Waals surface area contributed by atoms with Crippen molar-refractivity contribution in [1.82, 2.24) is 4.90 Å². The summed E-state index contributed by atoms with van der Waals surface area (Å²) >= 11 is 4.24. The number of imide groups is 1. The smallest absolute Gasteiger partial charge is 0.294 e. The molecule has 1 fully saturated rings. The van der Waals surface area contributed by atoms with Gasteiger partial charge in [-0.15, -0.1) is 0 Å². The minimum absolute atomic E-state index is 0.229. The molecule has 9 heteroatoms. The van der Waals surface area contributed by atoms with Crippen LogP contribution in [0.5, 0.6) is 11.5 Å². The van der Waals surface area contributed by atoms with Gasteiger partial charge in [0.15, 0.2) is 11.5 Å². The molecule has 0 saturated carbocycles. The van der Waals surface area contributed by atoms with E-state index >= 15 is 0 Å². The number of methoxy groups -OCH3 is 1. The molecule has 33 heavy (non-hydrogen) atoms. The molecule has 0 aliphatic carbocycles. The van der Waals surface area contributed by atoms with Crippen LogP contribution in [0, 0.1) is 0 Å². The molecule has 0 spiro atoms. The Morgan fingerprint density at radius 3 is 2.52 bits per heavy atom. The van der Waals surface area contributed by atoms with Gasteiger partial charge >= 0.3 is 0 Å². The standard InChI is InChI=1S/C24H25BrN2O5S/c1-5-32-22-18(25)10-15(11-19(22)31-4)12-20-23(29)27(24(30)33-20)13-21(28)26-17-8-6-16(7-9-17)14(2)3/h6-12,14H,5,13H2,1-4H3,(H,26,28)/b20-12+. The highest BCUT2D eigenvalue weighted by molar-refractivity contribution is 9.10. The fourth-order valence-electron chi connectivity index (χ4n) is 3.19. The Morgan fingerprint density at radius 2 is 1.91 bits per heavy atom. The zero-order valence-electron chi connectivity index (χ0n) is 18.8. The molecule has 0 aromatic heterocycles. The number of carbonyl (C=O) groups is 3. The zero-order valence-corrected chi connectivity index (χ0v) is 21.2. The van der Waals surface area contributed by atoms with Crippen molar-refractivity contribution in [3.8, 4) is 11.5 Å². The largest absolute Gasteiger partial charge is 0.493 e. The summed E-state index contributed by atoms with van der Waals surface area (Å²) < 4.78 is 11.6. The van der Waals surface area contributed by atoms with E-state index in [1.807, 2.05) is 19.1 Å². The van der Waals surface area contributed by atoms with E-state index in [2.05, 4.69) is 35.1 Å². The molecule has 1 saturated heterocycles. The predicted octanol–water partition coefficient (Wildman–Crippen LogP) is 5.65. The van der Waals surface area contributed by atoms with Crippen molar-refractivity contribution in [2.75, 3.05) is 25.6 Å². The van der Waals surface area contributed by atoms with Crippen LogP contribution >= 0.6 is 27.7 Å². The Hall–Kier alpha value is -2.78. The minimum Gasteiger partial charge on any atom is -0.493 e. The molecule has 0 radical (unpaired) electrons. The van der Waals surface area contributed by atoms with E-state index in [0.717, 1.165) is 22.2 Å². The van der Waals surface area contributed by atoms with Crippen LogP contribution in [0.25, 0.3) is 6.08 Å². The molecule has 2 aromatic rings. The Labute approximate surface area is 205 Å². The maximum Gasteiger partial charge on any atom is 0.294 e. The Morgan fingerprint density at radius 1 is 1.21 bits per heavy atom. The van der Waals surface area contributed by atoms with Gasteiger partial charge in [0.1, 0.15) is 6.54 Å². The highest BCUT2D eigenvalue weighted by Crippen LogP contribution is 2.39. The summed E-state index contributed by atoms with van der Waals surface area (Å²) in [5.41, 5.74) is 2.42. The molecule has 3 rings (SSSR count). The van der Waals surface area contributed by atoms with Gasteiger partial charge in [-0.2, -0.15) is 0 Å². The van der Waals surface area contributed by atoms with Gasteiger partial charge < -0.3 is 14.8 Å². The van der Waals surface area contributed by atoms with Crippen molar-refractivity contribution in [1.29, 1.82) is 0 Å². The number of benzene rings is 2. The first-order valence-electron chi connectivity index (χ1n) is 10.4. The Bertz CT molecular complexity index is 1100. The summed E-state index contributed by atoms with van der Waals surface area (Å²) in [5, 5.41) is 2.24. The molecule has 7 nitrogen and oxygen atoms in total. The fraction of sp³-hybridized carbons (Fsp3) is 0.292. The van der Waals surface area contributed by atoms with E-state index < -0.39 is 17.1 Å². The first-order chi connectivity index (χ1) is 15.7. The molecular formula is C24H25BrN2O5S. The van der Waals surface area contributed by atoms with Gasteiger partial charge in [-0.25, -0.2) is 0 Å². The zero-order chi connectivity index (χ0) is 24.1. The summed E-state index contributed by atoms with van der Waals surface area (Å²) in [6, 6.07) is 11.0. The molecule has 0 atom stereocenters. The number of nitrogens with zero attached hydrogens (tertiary/aromatic N) is 1. The Kier molecular flexibility index (Phi) is 8.20. The molecule has 0 bridgehead atoms. The highest BCUT2D eigenvalue weighted by Gasteiger charge is 2.36. The SMILES string of the molecule is CCOc1c(Br)cc(/C=C2/SC(=O)N(CC(=O)Nc3ccc(C(C)C)cc3)C2=O)cc1OC. The van der Waals surface area contributed by atoms with Crippen LogP contribution in [0.2, 0.25) is 0 Å². The summed E-state index contributed by atoms with van der Waals surface area (Å²) in [7, 11) is 1.52. The molecular weight excluding hydrogens is 508 g/mol. The number of amides is 3. The molecule has 174 valence electrons. The number of halogens is 1.